The molecule has 0 radical (unpaired) electrons. The fourth-order valence-corrected chi connectivity index (χ4v) is 3.24. The molecule has 2 nitrogen and oxygen atoms in total. The highest BCUT2D eigenvalue weighted by Crippen LogP contribution is 2.49. The molecule has 21 heavy (non-hydrogen) atoms. The van der Waals surface area contributed by atoms with Crippen molar-refractivity contribution in [1.82, 2.24) is 0 Å². The van der Waals surface area contributed by atoms with Gasteiger partial charge in [0.05, 0.1) is 0 Å². The van der Waals surface area contributed by atoms with E-state index in [1.54, 1.807) is 6.92 Å². The Hall–Kier alpha value is -1.57. The number of esters is 1. The fourth-order valence-electron chi connectivity index (χ4n) is 3.24. The first kappa shape index (κ1) is 15.8. The Kier molecular flexibility index (Phi) is 4.27. The highest BCUT2D eigenvalue weighted by Gasteiger charge is 2.48. The number of aryl methyl sites for hydroxylation is 1. The average Bonchev–Trinajstić information content (AvgIpc) is 2.59. The summed E-state index contributed by atoms with van der Waals surface area (Å²) in [6.45, 7) is 11.9. The zero-order chi connectivity index (χ0) is 15.7. The van der Waals surface area contributed by atoms with Crippen LogP contribution in [-0.4, -0.2) is 5.97 Å². The summed E-state index contributed by atoms with van der Waals surface area (Å²) < 4.78 is 6.07. The van der Waals surface area contributed by atoms with Crippen molar-refractivity contribution in [2.45, 2.75) is 59.0 Å². The zero-order valence-corrected chi connectivity index (χ0v) is 13.7. The number of hydrogen-bond donors (Lipinski definition) is 0. The topological polar surface area (TPSA) is 26.3 Å². The normalized spacial score (nSPS) is 22.1. The van der Waals surface area contributed by atoms with Crippen LogP contribution in [0, 0.1) is 5.41 Å². The molecular formula is C19H26O2. The molecule has 0 saturated heterocycles. The Morgan fingerprint density at radius 3 is 2.52 bits per heavy atom. The summed E-state index contributed by atoms with van der Waals surface area (Å²) in [5.74, 6) is -0.290. The standard InChI is InChI=1S/C19H26O2/c1-14(2)17(20)21-19(18(3,4)5)13-9-8-11-15-10-6-7-12-16(15)19/h6-7,10,12H,1,8-9,11,13H2,2-5H3. The van der Waals surface area contributed by atoms with Crippen LogP contribution < -0.4 is 0 Å². The minimum atomic E-state index is -0.573. The van der Waals surface area contributed by atoms with Gasteiger partial charge in [0, 0.05) is 11.0 Å². The third-order valence-electron chi connectivity index (χ3n) is 4.50. The van der Waals surface area contributed by atoms with E-state index in [4.69, 9.17) is 4.74 Å². The second-order valence-electron chi connectivity index (χ2n) is 7.11. The summed E-state index contributed by atoms with van der Waals surface area (Å²) in [6, 6.07) is 8.39. The fraction of sp³-hybridized carbons (Fsp3) is 0.526. The van der Waals surface area contributed by atoms with E-state index in [0.29, 0.717) is 5.57 Å². The molecule has 114 valence electrons. The Balaban J connectivity index is 2.59. The zero-order valence-electron chi connectivity index (χ0n) is 13.7. The van der Waals surface area contributed by atoms with Gasteiger partial charge in [0.15, 0.2) is 0 Å². The van der Waals surface area contributed by atoms with Crippen molar-refractivity contribution in [3.05, 3.63) is 47.5 Å². The first-order chi connectivity index (χ1) is 9.78. The van der Waals surface area contributed by atoms with Crippen LogP contribution in [-0.2, 0) is 21.6 Å². The largest absolute Gasteiger partial charge is 0.450 e. The summed E-state index contributed by atoms with van der Waals surface area (Å²) in [4.78, 5) is 12.3. The molecule has 2 rings (SSSR count). The lowest BCUT2D eigenvalue weighted by molar-refractivity contribution is -0.173. The molecule has 1 aliphatic carbocycles. The van der Waals surface area contributed by atoms with Crippen LogP contribution in [0.2, 0.25) is 0 Å². The Bertz CT molecular complexity index is 551. The second-order valence-corrected chi connectivity index (χ2v) is 7.11. The van der Waals surface area contributed by atoms with Gasteiger partial charge < -0.3 is 4.74 Å². The van der Waals surface area contributed by atoms with Gasteiger partial charge in [-0.15, -0.1) is 0 Å². The van der Waals surface area contributed by atoms with Crippen molar-refractivity contribution in [2.75, 3.05) is 0 Å². The molecule has 0 spiro atoms. The van der Waals surface area contributed by atoms with Crippen molar-refractivity contribution in [1.29, 1.82) is 0 Å². The maximum Gasteiger partial charge on any atom is 0.334 e. The van der Waals surface area contributed by atoms with Crippen LogP contribution in [0.3, 0.4) is 0 Å². The maximum atomic E-state index is 12.3. The van der Waals surface area contributed by atoms with E-state index in [1.807, 2.05) is 6.07 Å². The van der Waals surface area contributed by atoms with E-state index in [1.165, 1.54) is 11.1 Å². The van der Waals surface area contributed by atoms with Crippen LogP contribution in [0.15, 0.2) is 36.4 Å². The molecule has 0 bridgehead atoms. The number of benzene rings is 1. The molecule has 2 heteroatoms. The van der Waals surface area contributed by atoms with Crippen molar-refractivity contribution in [3.8, 4) is 0 Å². The van der Waals surface area contributed by atoms with Gasteiger partial charge in [-0.1, -0.05) is 51.6 Å². The van der Waals surface area contributed by atoms with E-state index >= 15 is 0 Å². The van der Waals surface area contributed by atoms with Crippen LogP contribution in [0.4, 0.5) is 0 Å². The number of carbonyl (C=O) groups excluding carboxylic acids is 1. The van der Waals surface area contributed by atoms with Gasteiger partial charge in [-0.3, -0.25) is 0 Å². The summed E-state index contributed by atoms with van der Waals surface area (Å²) in [5, 5.41) is 0. The van der Waals surface area contributed by atoms with Crippen molar-refractivity contribution in [2.24, 2.45) is 5.41 Å². The van der Waals surface area contributed by atoms with E-state index < -0.39 is 5.60 Å². The van der Waals surface area contributed by atoms with Gasteiger partial charge in [0.1, 0.15) is 5.60 Å². The van der Waals surface area contributed by atoms with Crippen molar-refractivity contribution < 1.29 is 9.53 Å². The van der Waals surface area contributed by atoms with Crippen LogP contribution in [0.25, 0.3) is 0 Å². The molecule has 1 aromatic rings. The number of fused-ring (bicyclic) bond motifs is 1. The monoisotopic (exact) mass is 286 g/mol. The molecule has 0 aromatic heterocycles. The van der Waals surface area contributed by atoms with Crippen molar-refractivity contribution >= 4 is 5.97 Å². The quantitative estimate of drug-likeness (QED) is 0.444. The molecular weight excluding hydrogens is 260 g/mol. The molecule has 1 atom stereocenters. The van der Waals surface area contributed by atoms with Gasteiger partial charge in [-0.05, 0) is 43.7 Å². The Morgan fingerprint density at radius 1 is 1.24 bits per heavy atom. The Morgan fingerprint density at radius 2 is 1.90 bits per heavy atom. The van der Waals surface area contributed by atoms with Gasteiger partial charge in [0.25, 0.3) is 0 Å². The van der Waals surface area contributed by atoms with Gasteiger partial charge in [-0.25, -0.2) is 4.79 Å². The summed E-state index contributed by atoms with van der Waals surface area (Å²) in [7, 11) is 0. The summed E-state index contributed by atoms with van der Waals surface area (Å²) in [5.41, 5.74) is 2.19. The van der Waals surface area contributed by atoms with Crippen LogP contribution >= 0.6 is 0 Å². The Labute approximate surface area is 128 Å². The molecule has 0 heterocycles. The molecule has 1 aliphatic rings. The molecule has 0 amide bonds. The van der Waals surface area contributed by atoms with E-state index in [9.17, 15) is 4.79 Å². The molecule has 0 N–H and O–H groups in total. The van der Waals surface area contributed by atoms with E-state index in [-0.39, 0.29) is 11.4 Å². The number of ether oxygens (including phenoxy) is 1. The molecule has 0 aliphatic heterocycles. The molecule has 0 fully saturated rings. The number of hydrogen-bond acceptors (Lipinski definition) is 2. The van der Waals surface area contributed by atoms with E-state index in [0.717, 1.165) is 25.7 Å². The van der Waals surface area contributed by atoms with Crippen LogP contribution in [0.5, 0.6) is 0 Å². The highest BCUT2D eigenvalue weighted by molar-refractivity contribution is 5.87. The minimum Gasteiger partial charge on any atom is -0.450 e. The lowest BCUT2D eigenvalue weighted by atomic mass is 9.69. The van der Waals surface area contributed by atoms with Gasteiger partial charge in [-0.2, -0.15) is 0 Å². The first-order valence-electron chi connectivity index (χ1n) is 7.75. The average molecular weight is 286 g/mol. The number of rotatable bonds is 2. The van der Waals surface area contributed by atoms with Crippen molar-refractivity contribution in [3.63, 3.8) is 0 Å². The molecule has 1 unspecified atom stereocenters. The second kappa shape index (κ2) is 5.67. The first-order valence-corrected chi connectivity index (χ1v) is 7.75. The summed E-state index contributed by atoms with van der Waals surface area (Å²) >= 11 is 0. The molecule has 0 saturated carbocycles. The SMILES string of the molecule is C=C(C)C(=O)OC1(C(C)(C)C)CCCCc2ccccc21. The van der Waals surface area contributed by atoms with E-state index in [2.05, 4.69) is 45.5 Å². The molecule has 1 aromatic carbocycles. The highest BCUT2D eigenvalue weighted by atomic mass is 16.6. The minimum absolute atomic E-state index is 0.168. The predicted molar refractivity (Wildman–Crippen MR) is 86.0 cm³/mol. The predicted octanol–water partition coefficient (Wildman–Crippen LogP) is 4.77. The third kappa shape index (κ3) is 2.90. The lowest BCUT2D eigenvalue weighted by Crippen LogP contribution is -2.44. The third-order valence-corrected chi connectivity index (χ3v) is 4.50. The smallest absolute Gasteiger partial charge is 0.334 e. The van der Waals surface area contributed by atoms with Crippen LogP contribution in [0.1, 0.15) is 58.1 Å². The maximum absolute atomic E-state index is 12.3. The number of carbonyl (C=O) groups is 1. The lowest BCUT2D eigenvalue weighted by Gasteiger charge is -2.44. The summed E-state index contributed by atoms with van der Waals surface area (Å²) in [6.07, 6.45) is 4.13. The van der Waals surface area contributed by atoms with Gasteiger partial charge in [0.2, 0.25) is 0 Å². The van der Waals surface area contributed by atoms with Gasteiger partial charge >= 0.3 is 5.97 Å².